The van der Waals surface area contributed by atoms with Gasteiger partial charge in [-0.2, -0.15) is 0 Å². The minimum absolute atomic E-state index is 0.0404. The van der Waals surface area contributed by atoms with Crippen LogP contribution in [0, 0.1) is 5.41 Å². The van der Waals surface area contributed by atoms with Gasteiger partial charge in [-0.25, -0.2) is 0 Å². The maximum Gasteiger partial charge on any atom is 0.227 e. The standard InChI is InChI=1S/C10H21N3O2/c1-10(2,9(15)12-4)7-13-8(14)5-6-11-3/h11H,5-7H2,1-4H3,(H,12,15)(H,13,14). The lowest BCUT2D eigenvalue weighted by Crippen LogP contribution is -2.44. The minimum atomic E-state index is -0.565. The predicted molar refractivity (Wildman–Crippen MR) is 59.4 cm³/mol. The molecule has 0 radical (unpaired) electrons. The number of nitrogens with one attached hydrogen (secondary N) is 3. The largest absolute Gasteiger partial charge is 0.359 e. The molecule has 5 nitrogen and oxygen atoms in total. The van der Waals surface area contributed by atoms with Gasteiger partial charge >= 0.3 is 0 Å². The first-order valence-electron chi connectivity index (χ1n) is 5.07. The summed E-state index contributed by atoms with van der Waals surface area (Å²) in [5, 5.41) is 8.19. The fourth-order valence-corrected chi connectivity index (χ4v) is 1.07. The van der Waals surface area contributed by atoms with E-state index in [1.807, 2.05) is 0 Å². The average molecular weight is 215 g/mol. The number of rotatable bonds is 6. The van der Waals surface area contributed by atoms with Crippen LogP contribution in [-0.2, 0) is 9.59 Å². The van der Waals surface area contributed by atoms with Crippen molar-refractivity contribution in [3.05, 3.63) is 0 Å². The van der Waals surface area contributed by atoms with Gasteiger partial charge in [0.1, 0.15) is 0 Å². The van der Waals surface area contributed by atoms with E-state index in [9.17, 15) is 9.59 Å². The summed E-state index contributed by atoms with van der Waals surface area (Å²) in [6.07, 6.45) is 0.431. The van der Waals surface area contributed by atoms with Crippen molar-refractivity contribution in [2.24, 2.45) is 5.41 Å². The molecule has 0 spiro atoms. The van der Waals surface area contributed by atoms with Crippen molar-refractivity contribution in [3.8, 4) is 0 Å². The highest BCUT2D eigenvalue weighted by atomic mass is 16.2. The van der Waals surface area contributed by atoms with E-state index in [1.54, 1.807) is 27.9 Å². The Hall–Kier alpha value is -1.10. The number of hydrogen-bond donors (Lipinski definition) is 3. The van der Waals surface area contributed by atoms with Gasteiger partial charge in [0.15, 0.2) is 0 Å². The summed E-state index contributed by atoms with van der Waals surface area (Å²) in [5.74, 6) is -0.113. The second kappa shape index (κ2) is 6.40. The second-order valence-corrected chi connectivity index (χ2v) is 4.09. The molecule has 0 heterocycles. The van der Waals surface area contributed by atoms with Crippen molar-refractivity contribution < 1.29 is 9.59 Å². The van der Waals surface area contributed by atoms with Gasteiger partial charge in [-0.3, -0.25) is 9.59 Å². The van der Waals surface area contributed by atoms with E-state index in [0.29, 0.717) is 19.5 Å². The summed E-state index contributed by atoms with van der Waals surface area (Å²) in [7, 11) is 3.38. The molecule has 3 N–H and O–H groups in total. The van der Waals surface area contributed by atoms with Crippen molar-refractivity contribution >= 4 is 11.8 Å². The molecule has 0 aliphatic heterocycles. The van der Waals surface area contributed by atoms with Gasteiger partial charge in [-0.1, -0.05) is 0 Å². The fourth-order valence-electron chi connectivity index (χ4n) is 1.07. The summed E-state index contributed by atoms with van der Waals surface area (Å²) in [4.78, 5) is 22.7. The molecule has 0 aliphatic rings. The summed E-state index contributed by atoms with van der Waals surface area (Å²) in [6.45, 7) is 4.59. The van der Waals surface area contributed by atoms with Crippen molar-refractivity contribution in [2.75, 3.05) is 27.2 Å². The van der Waals surface area contributed by atoms with E-state index in [2.05, 4.69) is 16.0 Å². The van der Waals surface area contributed by atoms with E-state index >= 15 is 0 Å². The third kappa shape index (κ3) is 5.37. The van der Waals surface area contributed by atoms with E-state index in [4.69, 9.17) is 0 Å². The van der Waals surface area contributed by atoms with Crippen molar-refractivity contribution in [1.29, 1.82) is 0 Å². The number of hydrogen-bond acceptors (Lipinski definition) is 3. The minimum Gasteiger partial charge on any atom is -0.359 e. The van der Waals surface area contributed by atoms with Crippen molar-refractivity contribution in [1.82, 2.24) is 16.0 Å². The first-order valence-corrected chi connectivity index (χ1v) is 5.07. The Kier molecular flexibility index (Phi) is 5.93. The van der Waals surface area contributed by atoms with Gasteiger partial charge in [0, 0.05) is 26.6 Å². The Bertz CT molecular complexity index is 227. The van der Waals surface area contributed by atoms with Crippen LogP contribution in [0.25, 0.3) is 0 Å². The second-order valence-electron chi connectivity index (χ2n) is 4.09. The maximum atomic E-state index is 11.4. The zero-order valence-electron chi connectivity index (χ0n) is 9.94. The molecule has 0 atom stereocenters. The molecule has 15 heavy (non-hydrogen) atoms. The van der Waals surface area contributed by atoms with E-state index in [1.165, 1.54) is 0 Å². The van der Waals surface area contributed by atoms with Gasteiger partial charge < -0.3 is 16.0 Å². The molecule has 0 aliphatic carbocycles. The Labute approximate surface area is 91.0 Å². The van der Waals surface area contributed by atoms with E-state index in [0.717, 1.165) is 0 Å². The van der Waals surface area contributed by atoms with Crippen molar-refractivity contribution in [2.45, 2.75) is 20.3 Å². The van der Waals surface area contributed by atoms with Crippen LogP contribution in [0.4, 0.5) is 0 Å². The highest BCUT2D eigenvalue weighted by Crippen LogP contribution is 2.12. The molecule has 0 aromatic carbocycles. The lowest BCUT2D eigenvalue weighted by molar-refractivity contribution is -0.129. The Balaban J connectivity index is 3.92. The van der Waals surface area contributed by atoms with Gasteiger partial charge in [-0.05, 0) is 20.9 Å². The van der Waals surface area contributed by atoms with Gasteiger partial charge in [-0.15, -0.1) is 0 Å². The molecule has 0 unspecified atom stereocenters. The van der Waals surface area contributed by atoms with Crippen LogP contribution in [-0.4, -0.2) is 39.0 Å². The van der Waals surface area contributed by atoms with Crippen LogP contribution in [0.15, 0.2) is 0 Å². The molecule has 0 aromatic rings. The van der Waals surface area contributed by atoms with Crippen molar-refractivity contribution in [3.63, 3.8) is 0 Å². The predicted octanol–water partition coefficient (Wildman–Crippen LogP) is -0.516. The van der Waals surface area contributed by atoms with E-state index in [-0.39, 0.29) is 11.8 Å². The zero-order chi connectivity index (χ0) is 11.9. The Morgan fingerprint density at radius 3 is 2.27 bits per heavy atom. The Morgan fingerprint density at radius 1 is 1.20 bits per heavy atom. The number of amides is 2. The van der Waals surface area contributed by atoms with Gasteiger partial charge in [0.2, 0.25) is 11.8 Å². The summed E-state index contributed by atoms with van der Waals surface area (Å²) in [5.41, 5.74) is -0.565. The monoisotopic (exact) mass is 215 g/mol. The topological polar surface area (TPSA) is 70.2 Å². The van der Waals surface area contributed by atoms with Crippen LogP contribution in [0.5, 0.6) is 0 Å². The number of carbonyl (C=O) groups excluding carboxylic acids is 2. The van der Waals surface area contributed by atoms with Crippen LogP contribution in [0.1, 0.15) is 20.3 Å². The molecule has 0 rings (SSSR count). The molecule has 0 fully saturated rings. The highest BCUT2D eigenvalue weighted by molar-refractivity contribution is 5.83. The molecule has 5 heteroatoms. The van der Waals surface area contributed by atoms with Crippen LogP contribution in [0.2, 0.25) is 0 Å². The smallest absolute Gasteiger partial charge is 0.227 e. The SMILES string of the molecule is CNCCC(=O)NCC(C)(C)C(=O)NC. The van der Waals surface area contributed by atoms with Gasteiger partial charge in [0.25, 0.3) is 0 Å². The quantitative estimate of drug-likeness (QED) is 0.558. The lowest BCUT2D eigenvalue weighted by atomic mass is 9.92. The molecule has 88 valence electrons. The molecule has 0 bridgehead atoms. The Morgan fingerprint density at radius 2 is 1.80 bits per heavy atom. The first-order chi connectivity index (χ1) is 6.94. The van der Waals surface area contributed by atoms with Crippen LogP contribution in [0.3, 0.4) is 0 Å². The first kappa shape index (κ1) is 13.9. The summed E-state index contributed by atoms with van der Waals surface area (Å²) in [6, 6.07) is 0. The number of carbonyl (C=O) groups is 2. The lowest BCUT2D eigenvalue weighted by Gasteiger charge is -2.22. The molecule has 0 saturated heterocycles. The average Bonchev–Trinajstić information content (AvgIpc) is 2.22. The third-order valence-electron chi connectivity index (χ3n) is 2.17. The van der Waals surface area contributed by atoms with Crippen LogP contribution >= 0.6 is 0 Å². The summed E-state index contributed by atoms with van der Waals surface area (Å²) < 4.78 is 0. The highest BCUT2D eigenvalue weighted by Gasteiger charge is 2.26. The van der Waals surface area contributed by atoms with E-state index < -0.39 is 5.41 Å². The third-order valence-corrected chi connectivity index (χ3v) is 2.17. The summed E-state index contributed by atoms with van der Waals surface area (Å²) >= 11 is 0. The maximum absolute atomic E-state index is 11.4. The van der Waals surface area contributed by atoms with Gasteiger partial charge in [0.05, 0.1) is 5.41 Å². The molecule has 2 amide bonds. The molecular formula is C10H21N3O2. The molecule has 0 aromatic heterocycles. The molecular weight excluding hydrogens is 194 g/mol. The normalized spacial score (nSPS) is 10.9. The zero-order valence-corrected chi connectivity index (χ0v) is 9.94. The fraction of sp³-hybridized carbons (Fsp3) is 0.800. The van der Waals surface area contributed by atoms with Crippen LogP contribution < -0.4 is 16.0 Å². The molecule has 0 saturated carbocycles.